The van der Waals surface area contributed by atoms with E-state index in [1.807, 2.05) is 19.9 Å². The number of carbonyl (C=O) groups is 1. The van der Waals surface area contributed by atoms with Crippen molar-refractivity contribution < 1.29 is 13.2 Å². The van der Waals surface area contributed by atoms with Crippen LogP contribution < -0.4 is 5.32 Å². The van der Waals surface area contributed by atoms with Crippen LogP contribution in [0.3, 0.4) is 0 Å². The van der Waals surface area contributed by atoms with Crippen LogP contribution in [-0.2, 0) is 14.8 Å². The zero-order chi connectivity index (χ0) is 22.9. The standard InChI is InChI=1S/C23H24ClN3O3S2/c1-15-13-22(31-16(2)23(28)25-18-7-5-17(24)6-8-18)26-21-10-9-19(14-20(15)21)32(29,30)27-11-3-4-12-27/h5-10,13-14,16H,3-4,11-12H2,1-2H3,(H,25,28)/t16-/m1/s1. The Balaban J connectivity index is 1.52. The van der Waals surface area contributed by atoms with E-state index in [1.165, 1.54) is 11.8 Å². The molecule has 168 valence electrons. The third-order valence-corrected chi connectivity index (χ3v) is 8.61. The first-order chi connectivity index (χ1) is 15.2. The smallest absolute Gasteiger partial charge is 0.243 e. The number of nitrogens with one attached hydrogen (secondary N) is 1. The van der Waals surface area contributed by atoms with Gasteiger partial charge < -0.3 is 5.32 Å². The lowest BCUT2D eigenvalue weighted by Gasteiger charge is -2.16. The number of fused-ring (bicyclic) bond motifs is 1. The number of hydrogen-bond donors (Lipinski definition) is 1. The normalized spacial score (nSPS) is 15.7. The minimum Gasteiger partial charge on any atom is -0.325 e. The number of aryl methyl sites for hydroxylation is 1. The Bertz CT molecular complexity index is 1260. The number of nitrogens with zero attached hydrogens (tertiary/aromatic N) is 2. The molecule has 32 heavy (non-hydrogen) atoms. The molecular formula is C23H24ClN3O3S2. The SMILES string of the molecule is Cc1cc(S[C@H](C)C(=O)Nc2ccc(Cl)cc2)nc2ccc(S(=O)(=O)N3CCCC3)cc12. The molecule has 0 spiro atoms. The second kappa shape index (κ2) is 9.39. The molecule has 2 heterocycles. The van der Waals surface area contributed by atoms with Crippen molar-refractivity contribution in [2.45, 2.75) is 41.9 Å². The third-order valence-electron chi connectivity index (χ3n) is 5.44. The van der Waals surface area contributed by atoms with Crippen molar-refractivity contribution in [2.24, 2.45) is 0 Å². The van der Waals surface area contributed by atoms with Crippen molar-refractivity contribution in [3.05, 3.63) is 59.1 Å². The molecule has 0 aliphatic carbocycles. The molecular weight excluding hydrogens is 466 g/mol. The van der Waals surface area contributed by atoms with E-state index < -0.39 is 10.0 Å². The first kappa shape index (κ1) is 23.0. The molecule has 1 atom stereocenters. The molecule has 0 unspecified atom stereocenters. The summed E-state index contributed by atoms with van der Waals surface area (Å²) in [5.41, 5.74) is 2.31. The Kier molecular flexibility index (Phi) is 6.76. The van der Waals surface area contributed by atoms with Crippen molar-refractivity contribution >= 4 is 55.9 Å². The van der Waals surface area contributed by atoms with E-state index in [0.717, 1.165) is 23.8 Å². The number of rotatable bonds is 6. The fourth-order valence-corrected chi connectivity index (χ4v) is 6.25. The third kappa shape index (κ3) is 4.93. The van der Waals surface area contributed by atoms with Gasteiger partial charge in [0.25, 0.3) is 0 Å². The van der Waals surface area contributed by atoms with Crippen LogP contribution in [0.25, 0.3) is 10.9 Å². The minimum absolute atomic E-state index is 0.135. The molecule has 6 nitrogen and oxygen atoms in total. The molecule has 3 aromatic rings. The van der Waals surface area contributed by atoms with Gasteiger partial charge in [-0.3, -0.25) is 4.79 Å². The quantitative estimate of drug-likeness (QED) is 0.487. The maximum atomic E-state index is 12.9. The second-order valence-electron chi connectivity index (χ2n) is 7.82. The molecule has 1 fully saturated rings. The van der Waals surface area contributed by atoms with Crippen LogP contribution in [0.5, 0.6) is 0 Å². The molecule has 0 saturated carbocycles. The van der Waals surface area contributed by atoms with E-state index in [2.05, 4.69) is 10.3 Å². The summed E-state index contributed by atoms with van der Waals surface area (Å²) in [7, 11) is -3.48. The topological polar surface area (TPSA) is 79.4 Å². The van der Waals surface area contributed by atoms with Gasteiger partial charge in [0.1, 0.15) is 0 Å². The lowest BCUT2D eigenvalue weighted by Crippen LogP contribution is -2.27. The zero-order valence-corrected chi connectivity index (χ0v) is 20.2. The first-order valence-corrected chi connectivity index (χ1v) is 13.1. The Labute approximate surface area is 197 Å². The summed E-state index contributed by atoms with van der Waals surface area (Å²) < 4.78 is 27.3. The van der Waals surface area contributed by atoms with Gasteiger partial charge in [-0.15, -0.1) is 0 Å². The molecule has 1 aliphatic rings. The van der Waals surface area contributed by atoms with Gasteiger partial charge in [-0.1, -0.05) is 23.4 Å². The molecule has 1 amide bonds. The lowest BCUT2D eigenvalue weighted by molar-refractivity contribution is -0.115. The Morgan fingerprint density at radius 1 is 1.12 bits per heavy atom. The highest BCUT2D eigenvalue weighted by Crippen LogP contribution is 2.30. The van der Waals surface area contributed by atoms with Crippen molar-refractivity contribution in [3.63, 3.8) is 0 Å². The van der Waals surface area contributed by atoms with Crippen molar-refractivity contribution in [3.8, 4) is 0 Å². The van der Waals surface area contributed by atoms with Crippen molar-refractivity contribution in [2.75, 3.05) is 18.4 Å². The first-order valence-electron chi connectivity index (χ1n) is 10.4. The summed E-state index contributed by atoms with van der Waals surface area (Å²) in [6, 6.07) is 13.9. The fourth-order valence-electron chi connectivity index (χ4n) is 3.65. The summed E-state index contributed by atoms with van der Waals surface area (Å²) >= 11 is 7.24. The summed E-state index contributed by atoms with van der Waals surface area (Å²) in [5, 5.41) is 4.62. The Hall–Kier alpha value is -2.13. The summed E-state index contributed by atoms with van der Waals surface area (Å²) in [5.74, 6) is -0.135. The van der Waals surface area contributed by atoms with Crippen molar-refractivity contribution in [1.29, 1.82) is 0 Å². The monoisotopic (exact) mass is 489 g/mol. The van der Waals surface area contributed by atoms with Crippen molar-refractivity contribution in [1.82, 2.24) is 9.29 Å². The minimum atomic E-state index is -3.48. The van der Waals surface area contributed by atoms with Gasteiger partial charge in [-0.05, 0) is 80.8 Å². The highest BCUT2D eigenvalue weighted by atomic mass is 35.5. The number of amides is 1. The highest BCUT2D eigenvalue weighted by molar-refractivity contribution is 8.00. The maximum Gasteiger partial charge on any atom is 0.243 e. The molecule has 0 bridgehead atoms. The number of pyridine rings is 1. The maximum absolute atomic E-state index is 12.9. The summed E-state index contributed by atoms with van der Waals surface area (Å²) in [6.45, 7) is 4.90. The molecule has 1 saturated heterocycles. The summed E-state index contributed by atoms with van der Waals surface area (Å²) in [4.78, 5) is 17.5. The van der Waals surface area contributed by atoms with Gasteiger partial charge >= 0.3 is 0 Å². The van der Waals surface area contributed by atoms with Crippen LogP contribution in [-0.4, -0.2) is 42.0 Å². The molecule has 2 aromatic carbocycles. The molecule has 1 aliphatic heterocycles. The number of anilines is 1. The largest absolute Gasteiger partial charge is 0.325 e. The van der Waals surface area contributed by atoms with Gasteiger partial charge in [0.2, 0.25) is 15.9 Å². The number of aromatic nitrogens is 1. The van der Waals surface area contributed by atoms with Gasteiger partial charge in [0, 0.05) is 29.2 Å². The van der Waals surface area contributed by atoms with E-state index in [9.17, 15) is 13.2 Å². The van der Waals surface area contributed by atoms with Crippen LogP contribution >= 0.6 is 23.4 Å². The predicted octanol–water partition coefficient (Wildman–Crippen LogP) is 5.10. The molecule has 0 radical (unpaired) electrons. The average molecular weight is 490 g/mol. The van der Waals surface area contributed by atoms with Gasteiger partial charge in [0.15, 0.2) is 0 Å². The second-order valence-corrected chi connectivity index (χ2v) is 11.6. The van der Waals surface area contributed by atoms with E-state index in [4.69, 9.17) is 11.6 Å². The van der Waals surface area contributed by atoms with Gasteiger partial charge in [0.05, 0.1) is 20.7 Å². The highest BCUT2D eigenvalue weighted by Gasteiger charge is 2.27. The predicted molar refractivity (Wildman–Crippen MR) is 130 cm³/mol. The van der Waals surface area contributed by atoms with Crippen LogP contribution in [0, 0.1) is 6.92 Å². The Morgan fingerprint density at radius 3 is 2.50 bits per heavy atom. The van der Waals surface area contributed by atoms with E-state index in [0.29, 0.717) is 39.2 Å². The van der Waals surface area contributed by atoms with E-state index in [-0.39, 0.29) is 11.2 Å². The Morgan fingerprint density at radius 2 is 1.81 bits per heavy atom. The van der Waals surface area contributed by atoms with Gasteiger partial charge in [-0.25, -0.2) is 13.4 Å². The van der Waals surface area contributed by atoms with E-state index in [1.54, 1.807) is 46.8 Å². The van der Waals surface area contributed by atoms with Crippen LogP contribution in [0.2, 0.25) is 5.02 Å². The molecule has 1 aromatic heterocycles. The fraction of sp³-hybridized carbons (Fsp3) is 0.304. The summed E-state index contributed by atoms with van der Waals surface area (Å²) in [6.07, 6.45) is 1.80. The number of hydrogen-bond acceptors (Lipinski definition) is 5. The van der Waals surface area contributed by atoms with Crippen LogP contribution in [0.4, 0.5) is 5.69 Å². The number of halogens is 1. The molecule has 4 rings (SSSR count). The van der Waals surface area contributed by atoms with Gasteiger partial charge in [-0.2, -0.15) is 4.31 Å². The van der Waals surface area contributed by atoms with Crippen LogP contribution in [0.15, 0.2) is 58.5 Å². The van der Waals surface area contributed by atoms with Crippen LogP contribution in [0.1, 0.15) is 25.3 Å². The molecule has 9 heteroatoms. The molecule has 1 N–H and O–H groups in total. The lowest BCUT2D eigenvalue weighted by atomic mass is 10.1. The number of sulfonamides is 1. The number of benzene rings is 2. The van der Waals surface area contributed by atoms with E-state index >= 15 is 0 Å². The number of carbonyl (C=O) groups excluding carboxylic acids is 1. The average Bonchev–Trinajstić information content (AvgIpc) is 3.31. The number of thioether (sulfide) groups is 1. The zero-order valence-electron chi connectivity index (χ0n) is 17.8.